The second-order valence-electron chi connectivity index (χ2n) is 7.49. The molecule has 0 radical (unpaired) electrons. The van der Waals surface area contributed by atoms with E-state index in [0.717, 1.165) is 10.2 Å². The molecule has 0 saturated heterocycles. The van der Waals surface area contributed by atoms with E-state index in [0.29, 0.717) is 23.1 Å². The number of carbonyl (C=O) groups excluding carboxylic acids is 2. The van der Waals surface area contributed by atoms with E-state index in [-0.39, 0.29) is 29.5 Å². The number of amides is 2. The molecule has 0 bridgehead atoms. The maximum Gasteiger partial charge on any atom is 0.251 e. The van der Waals surface area contributed by atoms with E-state index in [4.69, 9.17) is 0 Å². The molecule has 1 heterocycles. The van der Waals surface area contributed by atoms with Crippen LogP contribution in [0.1, 0.15) is 43.0 Å². The van der Waals surface area contributed by atoms with Crippen molar-refractivity contribution >= 4 is 45.2 Å². The molecular formula is C23H26BrN5O2S. The van der Waals surface area contributed by atoms with Crippen LogP contribution in [-0.2, 0) is 11.3 Å². The van der Waals surface area contributed by atoms with Crippen LogP contribution in [0.2, 0.25) is 0 Å². The van der Waals surface area contributed by atoms with E-state index in [9.17, 15) is 9.59 Å². The van der Waals surface area contributed by atoms with Crippen molar-refractivity contribution in [1.82, 2.24) is 20.1 Å². The fourth-order valence-corrected chi connectivity index (χ4v) is 4.21. The number of aromatic nitrogens is 3. The third-order valence-corrected chi connectivity index (χ3v) is 6.28. The van der Waals surface area contributed by atoms with Crippen molar-refractivity contribution in [2.24, 2.45) is 5.92 Å². The lowest BCUT2D eigenvalue weighted by atomic mass is 10.0. The summed E-state index contributed by atoms with van der Waals surface area (Å²) in [4.78, 5) is 25.1. The summed E-state index contributed by atoms with van der Waals surface area (Å²) in [5, 5.41) is 15.3. The lowest BCUT2D eigenvalue weighted by Gasteiger charge is -2.22. The summed E-state index contributed by atoms with van der Waals surface area (Å²) < 4.78 is 2.90. The molecule has 2 amide bonds. The molecule has 0 fully saturated rings. The van der Waals surface area contributed by atoms with Crippen LogP contribution in [0.3, 0.4) is 0 Å². The zero-order chi connectivity index (χ0) is 23.1. The number of nitrogens with one attached hydrogen (secondary N) is 2. The molecule has 2 aromatic carbocycles. The molecule has 32 heavy (non-hydrogen) atoms. The number of hydrogen-bond donors (Lipinski definition) is 2. The maximum atomic E-state index is 12.7. The fraction of sp³-hybridized carbons (Fsp3) is 0.304. The average Bonchev–Trinajstić information content (AvgIpc) is 3.20. The Morgan fingerprint density at radius 1 is 1.06 bits per heavy atom. The second kappa shape index (κ2) is 11.3. The van der Waals surface area contributed by atoms with Crippen molar-refractivity contribution in [3.8, 4) is 0 Å². The van der Waals surface area contributed by atoms with Gasteiger partial charge in [-0.3, -0.25) is 9.59 Å². The van der Waals surface area contributed by atoms with Crippen LogP contribution in [0.5, 0.6) is 0 Å². The van der Waals surface area contributed by atoms with Crippen LogP contribution in [0.25, 0.3) is 0 Å². The lowest BCUT2D eigenvalue weighted by Crippen LogP contribution is -2.33. The van der Waals surface area contributed by atoms with Gasteiger partial charge in [-0.1, -0.05) is 59.7 Å². The Kier molecular flexibility index (Phi) is 8.46. The largest absolute Gasteiger partial charge is 0.342 e. The monoisotopic (exact) mass is 515 g/mol. The summed E-state index contributed by atoms with van der Waals surface area (Å²) in [6.45, 7) is 6.69. The van der Waals surface area contributed by atoms with Gasteiger partial charge < -0.3 is 15.2 Å². The van der Waals surface area contributed by atoms with Gasteiger partial charge >= 0.3 is 0 Å². The number of carbonyl (C=O) groups is 2. The second-order valence-corrected chi connectivity index (χ2v) is 9.35. The van der Waals surface area contributed by atoms with E-state index in [1.165, 1.54) is 11.8 Å². The van der Waals surface area contributed by atoms with Crippen molar-refractivity contribution in [2.75, 3.05) is 11.1 Å². The van der Waals surface area contributed by atoms with E-state index in [2.05, 4.69) is 36.8 Å². The molecule has 0 unspecified atom stereocenters. The number of nitrogens with zero attached hydrogens (tertiary/aromatic N) is 3. The third-order valence-electron chi connectivity index (χ3n) is 4.79. The summed E-state index contributed by atoms with van der Waals surface area (Å²) in [7, 11) is 0. The van der Waals surface area contributed by atoms with Crippen molar-refractivity contribution < 1.29 is 9.59 Å². The van der Waals surface area contributed by atoms with Gasteiger partial charge in [0, 0.05) is 22.3 Å². The van der Waals surface area contributed by atoms with Gasteiger partial charge in [-0.2, -0.15) is 0 Å². The van der Waals surface area contributed by atoms with Crippen LogP contribution < -0.4 is 10.6 Å². The highest BCUT2D eigenvalue weighted by molar-refractivity contribution is 9.10. The predicted molar refractivity (Wildman–Crippen MR) is 131 cm³/mol. The van der Waals surface area contributed by atoms with E-state index in [1.807, 2.05) is 67.8 Å². The van der Waals surface area contributed by atoms with Crippen LogP contribution in [0, 0.1) is 5.92 Å². The molecule has 0 aliphatic carbocycles. The van der Waals surface area contributed by atoms with Crippen molar-refractivity contribution in [3.05, 3.63) is 70.5 Å². The first-order valence-corrected chi connectivity index (χ1v) is 12.1. The minimum atomic E-state index is -0.305. The van der Waals surface area contributed by atoms with Crippen molar-refractivity contribution in [3.63, 3.8) is 0 Å². The molecule has 168 valence electrons. The summed E-state index contributed by atoms with van der Waals surface area (Å²) in [6.07, 6.45) is 0. The van der Waals surface area contributed by atoms with Gasteiger partial charge in [-0.05, 0) is 49.2 Å². The quantitative estimate of drug-likeness (QED) is 0.395. The molecule has 9 heteroatoms. The zero-order valence-corrected chi connectivity index (χ0v) is 20.6. The van der Waals surface area contributed by atoms with Gasteiger partial charge in [0.1, 0.15) is 0 Å². The molecule has 7 nitrogen and oxygen atoms in total. The Bertz CT molecular complexity index is 1050. The number of thioether (sulfide) groups is 1. The number of benzene rings is 2. The summed E-state index contributed by atoms with van der Waals surface area (Å²) in [5.41, 5.74) is 1.33. The Labute approximate surface area is 200 Å². The molecular weight excluding hydrogens is 490 g/mol. The van der Waals surface area contributed by atoms with Crippen molar-refractivity contribution in [2.45, 2.75) is 38.5 Å². The van der Waals surface area contributed by atoms with E-state index < -0.39 is 0 Å². The SMILES string of the molecule is CCn1c(SCC(=O)Nc2ccc(Br)cc2)nnc1[C@@H](NC(=O)c1ccccc1)C(C)C. The molecule has 0 spiro atoms. The third kappa shape index (κ3) is 6.20. The predicted octanol–water partition coefficient (Wildman–Crippen LogP) is 4.92. The Morgan fingerprint density at radius 2 is 1.75 bits per heavy atom. The first kappa shape index (κ1) is 24.0. The molecule has 0 aliphatic heterocycles. The summed E-state index contributed by atoms with van der Waals surface area (Å²) in [5.74, 6) is 0.718. The number of anilines is 1. The standard InChI is InChI=1S/C23H26BrN5O2S/c1-4-29-21(20(15(2)3)26-22(31)16-8-6-5-7-9-16)27-28-23(29)32-14-19(30)25-18-12-10-17(24)11-13-18/h5-13,15,20H,4,14H2,1-3H3,(H,25,30)(H,26,31)/t20-/m0/s1. The molecule has 1 atom stereocenters. The molecule has 0 saturated carbocycles. The molecule has 2 N–H and O–H groups in total. The highest BCUT2D eigenvalue weighted by atomic mass is 79.9. The zero-order valence-electron chi connectivity index (χ0n) is 18.2. The molecule has 0 aliphatic rings. The number of rotatable bonds is 9. The minimum absolute atomic E-state index is 0.107. The van der Waals surface area contributed by atoms with E-state index in [1.54, 1.807) is 12.1 Å². The number of hydrogen-bond acceptors (Lipinski definition) is 5. The van der Waals surface area contributed by atoms with Gasteiger partial charge in [0.2, 0.25) is 5.91 Å². The van der Waals surface area contributed by atoms with Crippen LogP contribution in [0.4, 0.5) is 5.69 Å². The lowest BCUT2D eigenvalue weighted by molar-refractivity contribution is -0.113. The van der Waals surface area contributed by atoms with Gasteiger partial charge in [0.15, 0.2) is 11.0 Å². The Morgan fingerprint density at radius 3 is 2.38 bits per heavy atom. The van der Waals surface area contributed by atoms with Gasteiger partial charge in [0.25, 0.3) is 5.91 Å². The normalized spacial score (nSPS) is 11.9. The minimum Gasteiger partial charge on any atom is -0.342 e. The Balaban J connectivity index is 1.69. The average molecular weight is 516 g/mol. The molecule has 3 rings (SSSR count). The first-order valence-electron chi connectivity index (χ1n) is 10.4. The maximum absolute atomic E-state index is 12.7. The topological polar surface area (TPSA) is 88.9 Å². The smallest absolute Gasteiger partial charge is 0.251 e. The van der Waals surface area contributed by atoms with Crippen LogP contribution in [-0.4, -0.2) is 32.3 Å². The highest BCUT2D eigenvalue weighted by Crippen LogP contribution is 2.26. The van der Waals surface area contributed by atoms with Gasteiger partial charge in [0.05, 0.1) is 11.8 Å². The fourth-order valence-electron chi connectivity index (χ4n) is 3.14. The van der Waals surface area contributed by atoms with Gasteiger partial charge in [-0.25, -0.2) is 0 Å². The summed E-state index contributed by atoms with van der Waals surface area (Å²) in [6, 6.07) is 16.2. The van der Waals surface area contributed by atoms with Crippen molar-refractivity contribution in [1.29, 1.82) is 0 Å². The van der Waals surface area contributed by atoms with Crippen LogP contribution in [0.15, 0.2) is 64.2 Å². The summed E-state index contributed by atoms with van der Waals surface area (Å²) >= 11 is 4.70. The number of halogens is 1. The molecule has 1 aromatic heterocycles. The Hall–Kier alpha value is -2.65. The highest BCUT2D eigenvalue weighted by Gasteiger charge is 2.26. The van der Waals surface area contributed by atoms with E-state index >= 15 is 0 Å². The van der Waals surface area contributed by atoms with Gasteiger partial charge in [-0.15, -0.1) is 10.2 Å². The molecule has 3 aromatic rings. The first-order chi connectivity index (χ1) is 15.4. The van der Waals surface area contributed by atoms with Crippen LogP contribution >= 0.6 is 27.7 Å².